The number of halogens is 2. The SMILES string of the molecule is Cc1cccc(N2CCN(c3cc(F)ccc3F)CC2)n1. The number of rotatable bonds is 2. The Balaban J connectivity index is 1.72. The highest BCUT2D eigenvalue weighted by Crippen LogP contribution is 2.23. The molecule has 0 atom stereocenters. The lowest BCUT2D eigenvalue weighted by atomic mass is 10.2. The minimum atomic E-state index is -0.408. The van der Waals surface area contributed by atoms with Crippen molar-refractivity contribution in [2.24, 2.45) is 0 Å². The number of hydrogen-bond donors (Lipinski definition) is 0. The first-order chi connectivity index (χ1) is 10.1. The van der Waals surface area contributed by atoms with Crippen molar-refractivity contribution in [3.63, 3.8) is 0 Å². The molecule has 5 heteroatoms. The lowest BCUT2D eigenvalue weighted by Gasteiger charge is -2.36. The molecular formula is C16H17F2N3. The molecule has 3 nitrogen and oxygen atoms in total. The van der Waals surface area contributed by atoms with Crippen molar-refractivity contribution < 1.29 is 8.78 Å². The molecule has 2 heterocycles. The van der Waals surface area contributed by atoms with E-state index in [9.17, 15) is 8.78 Å². The Hall–Kier alpha value is -2.17. The molecule has 1 aliphatic heterocycles. The first-order valence-corrected chi connectivity index (χ1v) is 7.02. The number of piperazine rings is 1. The van der Waals surface area contributed by atoms with Crippen molar-refractivity contribution in [3.8, 4) is 0 Å². The first kappa shape index (κ1) is 13.8. The van der Waals surface area contributed by atoms with Gasteiger partial charge in [0.1, 0.15) is 17.5 Å². The maximum atomic E-state index is 13.8. The van der Waals surface area contributed by atoms with Crippen LogP contribution >= 0.6 is 0 Å². The van der Waals surface area contributed by atoms with Gasteiger partial charge in [0.25, 0.3) is 0 Å². The molecule has 0 unspecified atom stereocenters. The number of hydrogen-bond acceptors (Lipinski definition) is 3. The summed E-state index contributed by atoms with van der Waals surface area (Å²) in [5.41, 5.74) is 1.32. The van der Waals surface area contributed by atoms with E-state index >= 15 is 0 Å². The summed E-state index contributed by atoms with van der Waals surface area (Å²) in [6.07, 6.45) is 0. The van der Waals surface area contributed by atoms with Crippen LogP contribution in [0.3, 0.4) is 0 Å². The first-order valence-electron chi connectivity index (χ1n) is 7.02. The minimum Gasteiger partial charge on any atom is -0.366 e. The van der Waals surface area contributed by atoms with E-state index in [2.05, 4.69) is 9.88 Å². The average molecular weight is 289 g/mol. The number of aryl methyl sites for hydroxylation is 1. The zero-order valence-electron chi connectivity index (χ0n) is 11.9. The van der Waals surface area contributed by atoms with Gasteiger partial charge >= 0.3 is 0 Å². The van der Waals surface area contributed by atoms with E-state index in [-0.39, 0.29) is 5.82 Å². The van der Waals surface area contributed by atoms with Crippen molar-refractivity contribution in [1.82, 2.24) is 4.98 Å². The topological polar surface area (TPSA) is 19.4 Å². The predicted octanol–water partition coefficient (Wildman–Crippen LogP) is 2.99. The molecule has 3 rings (SSSR count). The fraction of sp³-hybridized carbons (Fsp3) is 0.312. The molecule has 0 N–H and O–H groups in total. The van der Waals surface area contributed by atoms with Crippen molar-refractivity contribution in [3.05, 3.63) is 53.7 Å². The molecule has 0 bridgehead atoms. The third-order valence-corrected chi connectivity index (χ3v) is 3.73. The Morgan fingerprint density at radius 3 is 2.38 bits per heavy atom. The lowest BCUT2D eigenvalue weighted by Crippen LogP contribution is -2.47. The van der Waals surface area contributed by atoms with Crippen molar-refractivity contribution in [2.45, 2.75) is 6.92 Å². The standard InChI is InChI=1S/C16H17F2N3/c1-12-3-2-4-16(19-12)21-9-7-20(8-10-21)15-11-13(17)5-6-14(15)18/h2-6,11H,7-10H2,1H3. The fourth-order valence-electron chi connectivity index (χ4n) is 2.61. The van der Waals surface area contributed by atoms with E-state index in [0.29, 0.717) is 18.8 Å². The highest BCUT2D eigenvalue weighted by atomic mass is 19.1. The number of benzene rings is 1. The van der Waals surface area contributed by atoms with E-state index in [4.69, 9.17) is 0 Å². The number of nitrogens with zero attached hydrogens (tertiary/aromatic N) is 3. The highest BCUT2D eigenvalue weighted by Gasteiger charge is 2.20. The Labute approximate surface area is 122 Å². The number of aromatic nitrogens is 1. The van der Waals surface area contributed by atoms with Gasteiger partial charge in [-0.3, -0.25) is 0 Å². The van der Waals surface area contributed by atoms with Crippen LogP contribution in [0.2, 0.25) is 0 Å². The Morgan fingerprint density at radius 2 is 1.67 bits per heavy atom. The summed E-state index contributed by atoms with van der Waals surface area (Å²) < 4.78 is 27.1. The third-order valence-electron chi connectivity index (χ3n) is 3.73. The van der Waals surface area contributed by atoms with E-state index in [0.717, 1.165) is 30.7 Å². The molecule has 0 radical (unpaired) electrons. The van der Waals surface area contributed by atoms with Crippen molar-refractivity contribution in [2.75, 3.05) is 36.0 Å². The van der Waals surface area contributed by atoms with Gasteiger partial charge in [0.15, 0.2) is 0 Å². The van der Waals surface area contributed by atoms with Gasteiger partial charge in [-0.15, -0.1) is 0 Å². The largest absolute Gasteiger partial charge is 0.366 e. The van der Waals surface area contributed by atoms with Crippen LogP contribution in [0.15, 0.2) is 36.4 Å². The molecule has 0 amide bonds. The van der Waals surface area contributed by atoms with E-state index in [1.54, 1.807) is 0 Å². The van der Waals surface area contributed by atoms with Crippen LogP contribution in [0.25, 0.3) is 0 Å². The monoisotopic (exact) mass is 289 g/mol. The van der Waals surface area contributed by atoms with Gasteiger partial charge in [-0.25, -0.2) is 13.8 Å². The number of pyridine rings is 1. The fourth-order valence-corrected chi connectivity index (χ4v) is 2.61. The Kier molecular flexibility index (Phi) is 3.73. The van der Waals surface area contributed by atoms with Crippen LogP contribution in [0.4, 0.5) is 20.3 Å². The Morgan fingerprint density at radius 1 is 0.952 bits per heavy atom. The van der Waals surface area contributed by atoms with Crippen LogP contribution < -0.4 is 9.80 Å². The molecule has 110 valence electrons. The number of anilines is 2. The quantitative estimate of drug-likeness (QED) is 0.847. The molecule has 1 aromatic carbocycles. The van der Waals surface area contributed by atoms with Crippen molar-refractivity contribution in [1.29, 1.82) is 0 Å². The van der Waals surface area contributed by atoms with Crippen LogP contribution in [-0.2, 0) is 0 Å². The molecule has 1 aromatic heterocycles. The third kappa shape index (κ3) is 2.96. The van der Waals surface area contributed by atoms with E-state index in [1.165, 1.54) is 12.1 Å². The van der Waals surface area contributed by atoms with Crippen LogP contribution in [0, 0.1) is 18.6 Å². The highest BCUT2D eigenvalue weighted by molar-refractivity contribution is 5.50. The summed E-state index contributed by atoms with van der Waals surface area (Å²) in [6.45, 7) is 4.74. The van der Waals surface area contributed by atoms with Crippen LogP contribution in [0.1, 0.15) is 5.69 Å². The predicted molar refractivity (Wildman–Crippen MR) is 79.8 cm³/mol. The molecular weight excluding hydrogens is 272 g/mol. The second-order valence-corrected chi connectivity index (χ2v) is 5.21. The van der Waals surface area contributed by atoms with Gasteiger partial charge in [-0.05, 0) is 31.2 Å². The summed E-state index contributed by atoms with van der Waals surface area (Å²) in [4.78, 5) is 8.55. The second-order valence-electron chi connectivity index (χ2n) is 5.21. The van der Waals surface area contributed by atoms with Crippen LogP contribution in [-0.4, -0.2) is 31.2 Å². The van der Waals surface area contributed by atoms with E-state index < -0.39 is 5.82 Å². The maximum Gasteiger partial charge on any atom is 0.146 e. The van der Waals surface area contributed by atoms with Crippen LogP contribution in [0.5, 0.6) is 0 Å². The summed E-state index contributed by atoms with van der Waals surface area (Å²) in [6, 6.07) is 9.50. The minimum absolute atomic E-state index is 0.340. The zero-order valence-corrected chi connectivity index (χ0v) is 11.9. The smallest absolute Gasteiger partial charge is 0.146 e. The molecule has 0 spiro atoms. The second kappa shape index (κ2) is 5.68. The summed E-state index contributed by atoms with van der Waals surface area (Å²) >= 11 is 0. The molecule has 1 aliphatic rings. The normalized spacial score (nSPS) is 15.4. The van der Waals surface area contributed by atoms with Gasteiger partial charge < -0.3 is 9.80 Å². The molecule has 21 heavy (non-hydrogen) atoms. The van der Waals surface area contributed by atoms with Gasteiger partial charge in [-0.2, -0.15) is 0 Å². The lowest BCUT2D eigenvalue weighted by molar-refractivity contribution is 0.579. The molecule has 0 aliphatic carbocycles. The molecule has 1 fully saturated rings. The Bertz CT molecular complexity index is 637. The van der Waals surface area contributed by atoms with E-state index in [1.807, 2.05) is 30.0 Å². The summed E-state index contributed by atoms with van der Waals surface area (Å²) in [5, 5.41) is 0. The summed E-state index contributed by atoms with van der Waals surface area (Å²) in [7, 11) is 0. The van der Waals surface area contributed by atoms with Gasteiger partial charge in [0, 0.05) is 37.9 Å². The molecule has 1 saturated heterocycles. The average Bonchev–Trinajstić information content (AvgIpc) is 2.50. The van der Waals surface area contributed by atoms with Gasteiger partial charge in [0.2, 0.25) is 0 Å². The molecule has 2 aromatic rings. The summed E-state index contributed by atoms with van der Waals surface area (Å²) in [5.74, 6) is 0.155. The van der Waals surface area contributed by atoms with Crippen molar-refractivity contribution >= 4 is 11.5 Å². The molecule has 0 saturated carbocycles. The maximum absolute atomic E-state index is 13.8. The van der Waals surface area contributed by atoms with Gasteiger partial charge in [-0.1, -0.05) is 6.07 Å². The zero-order chi connectivity index (χ0) is 14.8. The van der Waals surface area contributed by atoms with Gasteiger partial charge in [0.05, 0.1) is 5.69 Å².